The predicted octanol–water partition coefficient (Wildman–Crippen LogP) is 3.52. The van der Waals surface area contributed by atoms with Gasteiger partial charge in [-0.2, -0.15) is 4.31 Å². The highest BCUT2D eigenvalue weighted by Gasteiger charge is 2.27. The molecule has 1 amide bonds. The van der Waals surface area contributed by atoms with E-state index in [4.69, 9.17) is 27.9 Å². The number of hydrogen-bond acceptors (Lipinski definition) is 6. The summed E-state index contributed by atoms with van der Waals surface area (Å²) in [6.45, 7) is 1.63. The predicted molar refractivity (Wildman–Crippen MR) is 141 cm³/mol. The molecule has 0 unspecified atom stereocenters. The molecule has 0 atom stereocenters. The van der Waals surface area contributed by atoms with E-state index >= 15 is 0 Å². The fourth-order valence-electron chi connectivity index (χ4n) is 3.74. The van der Waals surface area contributed by atoms with E-state index in [1.165, 1.54) is 32.9 Å². The molecule has 2 aromatic rings. The molecule has 0 saturated carbocycles. The summed E-state index contributed by atoms with van der Waals surface area (Å²) in [6, 6.07) is 10.8. The van der Waals surface area contributed by atoms with Crippen LogP contribution in [-0.4, -0.2) is 66.1 Å². The maximum Gasteiger partial charge on any atom is 0.243 e. The van der Waals surface area contributed by atoms with Gasteiger partial charge in [0.05, 0.1) is 33.4 Å². The standard InChI is InChI=1S/C23H29Cl2N3O6S2/c1-35(30,31)28(18-6-11-21(24)22(25)17-18)15-4-5-23(29)26-12-16-34-19-7-9-20(10-8-19)36(32,33)27-13-2-3-14-27/h6-11,17H,2-5,12-16H2,1H3,(H,26,29). The molecular formula is C23H29Cl2N3O6S2. The summed E-state index contributed by atoms with van der Waals surface area (Å²) >= 11 is 11.9. The van der Waals surface area contributed by atoms with Gasteiger partial charge in [-0.1, -0.05) is 23.2 Å². The van der Waals surface area contributed by atoms with Crippen molar-refractivity contribution >= 4 is 54.8 Å². The van der Waals surface area contributed by atoms with E-state index in [9.17, 15) is 21.6 Å². The van der Waals surface area contributed by atoms with Crippen LogP contribution < -0.4 is 14.4 Å². The maximum absolute atomic E-state index is 12.6. The lowest BCUT2D eigenvalue weighted by atomic mass is 10.2. The van der Waals surface area contributed by atoms with Crippen LogP contribution in [-0.2, 0) is 24.8 Å². The molecule has 0 aliphatic carbocycles. The van der Waals surface area contributed by atoms with Gasteiger partial charge >= 0.3 is 0 Å². The van der Waals surface area contributed by atoms with E-state index in [1.807, 2.05) is 0 Å². The molecule has 0 aromatic heterocycles. The highest BCUT2D eigenvalue weighted by atomic mass is 35.5. The van der Waals surface area contributed by atoms with Gasteiger partial charge in [-0.25, -0.2) is 16.8 Å². The molecular weight excluding hydrogens is 549 g/mol. The first kappa shape index (κ1) is 28.5. The van der Waals surface area contributed by atoms with Crippen molar-refractivity contribution in [3.63, 3.8) is 0 Å². The van der Waals surface area contributed by atoms with Crippen LogP contribution >= 0.6 is 23.2 Å². The Morgan fingerprint density at radius 3 is 2.31 bits per heavy atom. The molecule has 198 valence electrons. The fraction of sp³-hybridized carbons (Fsp3) is 0.435. The molecule has 13 heteroatoms. The highest BCUT2D eigenvalue weighted by Crippen LogP contribution is 2.28. The summed E-state index contributed by atoms with van der Waals surface area (Å²) in [5.74, 6) is 0.253. The van der Waals surface area contributed by atoms with E-state index in [1.54, 1.807) is 18.2 Å². The van der Waals surface area contributed by atoms with E-state index in [0.29, 0.717) is 36.0 Å². The third-order valence-corrected chi connectivity index (χ3v) is 9.42. The monoisotopic (exact) mass is 577 g/mol. The third kappa shape index (κ3) is 7.72. The number of halogens is 2. The van der Waals surface area contributed by atoms with Crippen molar-refractivity contribution in [2.24, 2.45) is 0 Å². The van der Waals surface area contributed by atoms with Crippen LogP contribution in [0.1, 0.15) is 25.7 Å². The number of nitrogens with one attached hydrogen (secondary N) is 1. The first-order valence-electron chi connectivity index (χ1n) is 11.4. The van der Waals surface area contributed by atoms with Gasteiger partial charge in [0.15, 0.2) is 0 Å². The van der Waals surface area contributed by atoms with Crippen LogP contribution in [0.4, 0.5) is 5.69 Å². The van der Waals surface area contributed by atoms with Gasteiger partial charge < -0.3 is 10.1 Å². The molecule has 0 bridgehead atoms. The number of amides is 1. The lowest BCUT2D eigenvalue weighted by molar-refractivity contribution is -0.121. The van der Waals surface area contributed by atoms with Crippen LogP contribution in [0.15, 0.2) is 47.4 Å². The number of ether oxygens (including phenoxy) is 1. The first-order valence-corrected chi connectivity index (χ1v) is 15.5. The Bertz CT molecular complexity index is 1270. The molecule has 2 aromatic carbocycles. The van der Waals surface area contributed by atoms with Crippen molar-refractivity contribution in [3.8, 4) is 5.75 Å². The van der Waals surface area contributed by atoms with E-state index < -0.39 is 20.0 Å². The smallest absolute Gasteiger partial charge is 0.243 e. The zero-order valence-corrected chi connectivity index (χ0v) is 23.0. The topological polar surface area (TPSA) is 113 Å². The van der Waals surface area contributed by atoms with Crippen molar-refractivity contribution in [2.75, 3.05) is 43.3 Å². The number of sulfonamides is 2. The van der Waals surface area contributed by atoms with Crippen LogP contribution in [0.2, 0.25) is 10.0 Å². The average molecular weight is 579 g/mol. The second-order valence-electron chi connectivity index (χ2n) is 8.32. The minimum absolute atomic E-state index is 0.105. The molecule has 36 heavy (non-hydrogen) atoms. The van der Waals surface area contributed by atoms with Gasteiger partial charge in [0, 0.05) is 26.1 Å². The maximum atomic E-state index is 12.6. The Hall–Kier alpha value is -2.05. The van der Waals surface area contributed by atoms with Crippen LogP contribution in [0.5, 0.6) is 5.75 Å². The Morgan fingerprint density at radius 1 is 1.03 bits per heavy atom. The van der Waals surface area contributed by atoms with E-state index in [2.05, 4.69) is 5.32 Å². The van der Waals surface area contributed by atoms with E-state index in [0.717, 1.165) is 19.1 Å². The van der Waals surface area contributed by atoms with Crippen molar-refractivity contribution in [2.45, 2.75) is 30.6 Å². The normalized spacial score (nSPS) is 14.5. The number of rotatable bonds is 12. The number of benzene rings is 2. The Morgan fingerprint density at radius 2 is 1.69 bits per heavy atom. The van der Waals surface area contributed by atoms with Crippen molar-refractivity contribution < 1.29 is 26.4 Å². The molecule has 1 heterocycles. The number of nitrogens with zero attached hydrogens (tertiary/aromatic N) is 2. The zero-order chi connectivity index (χ0) is 26.3. The lowest BCUT2D eigenvalue weighted by Gasteiger charge is -2.22. The molecule has 0 spiro atoms. The second kappa shape index (κ2) is 12.5. The molecule has 9 nitrogen and oxygen atoms in total. The lowest BCUT2D eigenvalue weighted by Crippen LogP contribution is -2.32. The Labute approximate surface area is 222 Å². The van der Waals surface area contributed by atoms with Gasteiger partial charge in [0.2, 0.25) is 26.0 Å². The molecule has 1 aliphatic heterocycles. The van der Waals surface area contributed by atoms with Gasteiger partial charge in [-0.3, -0.25) is 9.10 Å². The largest absolute Gasteiger partial charge is 0.492 e. The van der Waals surface area contributed by atoms with Crippen LogP contribution in [0, 0.1) is 0 Å². The minimum Gasteiger partial charge on any atom is -0.492 e. The first-order chi connectivity index (χ1) is 17.0. The molecule has 1 saturated heterocycles. The molecule has 1 aliphatic rings. The van der Waals surface area contributed by atoms with Crippen molar-refractivity contribution in [1.82, 2.24) is 9.62 Å². The number of carbonyl (C=O) groups excluding carboxylic acids is 1. The van der Waals surface area contributed by atoms with Gasteiger partial charge in [0.25, 0.3) is 0 Å². The van der Waals surface area contributed by atoms with Gasteiger partial charge in [-0.15, -0.1) is 0 Å². The fourth-order valence-corrected chi connectivity index (χ4v) is 6.51. The van der Waals surface area contributed by atoms with Crippen molar-refractivity contribution in [3.05, 3.63) is 52.5 Å². The second-order valence-corrected chi connectivity index (χ2v) is 13.0. The third-order valence-electron chi connectivity index (χ3n) is 5.58. The molecule has 3 rings (SSSR count). The summed E-state index contributed by atoms with van der Waals surface area (Å²) in [5.41, 5.74) is 0.375. The summed E-state index contributed by atoms with van der Waals surface area (Å²) < 4.78 is 57.8. The van der Waals surface area contributed by atoms with Crippen LogP contribution in [0.25, 0.3) is 0 Å². The zero-order valence-electron chi connectivity index (χ0n) is 19.8. The molecule has 0 radical (unpaired) electrons. The number of hydrogen-bond donors (Lipinski definition) is 1. The minimum atomic E-state index is -3.57. The summed E-state index contributed by atoms with van der Waals surface area (Å²) in [5, 5.41) is 3.28. The summed E-state index contributed by atoms with van der Waals surface area (Å²) in [4.78, 5) is 12.4. The SMILES string of the molecule is CS(=O)(=O)N(CCCC(=O)NCCOc1ccc(S(=O)(=O)N2CCCC2)cc1)c1ccc(Cl)c(Cl)c1. The average Bonchev–Trinajstić information content (AvgIpc) is 3.37. The van der Waals surface area contributed by atoms with Gasteiger partial charge in [0.1, 0.15) is 12.4 Å². The number of anilines is 1. The Balaban J connectivity index is 1.41. The quantitative estimate of drug-likeness (QED) is 0.386. The van der Waals surface area contributed by atoms with E-state index in [-0.39, 0.29) is 41.9 Å². The summed E-state index contributed by atoms with van der Waals surface area (Å²) in [6.07, 6.45) is 3.25. The number of carbonyl (C=O) groups is 1. The highest BCUT2D eigenvalue weighted by molar-refractivity contribution is 7.92. The van der Waals surface area contributed by atoms with Crippen LogP contribution in [0.3, 0.4) is 0 Å². The summed E-state index contributed by atoms with van der Waals surface area (Å²) in [7, 11) is -7.05. The van der Waals surface area contributed by atoms with Crippen molar-refractivity contribution in [1.29, 1.82) is 0 Å². The molecule has 1 N–H and O–H groups in total. The van der Waals surface area contributed by atoms with Gasteiger partial charge in [-0.05, 0) is 61.7 Å². The Kier molecular flexibility index (Phi) is 9.87. The molecule has 1 fully saturated rings.